The van der Waals surface area contributed by atoms with Gasteiger partial charge in [0.15, 0.2) is 0 Å². The van der Waals surface area contributed by atoms with Gasteiger partial charge >= 0.3 is 31.1 Å². The topological polar surface area (TPSA) is 18.5 Å². The molecule has 1 fully saturated rings. The number of benzene rings is 1. The summed E-state index contributed by atoms with van der Waals surface area (Å²) in [5, 5.41) is 3.75. The van der Waals surface area contributed by atoms with E-state index < -0.39 is 5.67 Å². The summed E-state index contributed by atoms with van der Waals surface area (Å²) >= 11 is 0. The second-order valence-electron chi connectivity index (χ2n) is 10.4. The van der Waals surface area contributed by atoms with Crippen molar-refractivity contribution in [3.05, 3.63) is 78.4 Å². The Bertz CT molecular complexity index is 879. The molecule has 2 unspecified atom stereocenters. The van der Waals surface area contributed by atoms with Gasteiger partial charge in [-0.25, -0.2) is 4.39 Å². The molecule has 1 aliphatic carbocycles. The van der Waals surface area contributed by atoms with E-state index in [0.29, 0.717) is 30.5 Å². The zero-order chi connectivity index (χ0) is 23.6. The van der Waals surface area contributed by atoms with Crippen molar-refractivity contribution in [3.63, 3.8) is 0 Å². The van der Waals surface area contributed by atoms with E-state index in [-0.39, 0.29) is 43.8 Å². The first-order valence-electron chi connectivity index (χ1n) is 12.1. The SMILES string of the molecule is C[C@@H]1CC2=C(NC3C=CC=CC23)[C@@H](c2cc[c-]cc2)N1CC(C)(C)F.[CH2-]CN1CC(CF)C1.[U+2]. The molecule has 6 heteroatoms. The van der Waals surface area contributed by atoms with Gasteiger partial charge in [0.25, 0.3) is 0 Å². The van der Waals surface area contributed by atoms with E-state index in [9.17, 15) is 8.78 Å². The van der Waals surface area contributed by atoms with E-state index in [2.05, 4.69) is 71.5 Å². The van der Waals surface area contributed by atoms with Gasteiger partial charge in [0.1, 0.15) is 5.67 Å². The van der Waals surface area contributed by atoms with Crippen molar-refractivity contribution in [1.29, 1.82) is 0 Å². The van der Waals surface area contributed by atoms with Gasteiger partial charge in [0.2, 0.25) is 0 Å². The molecule has 1 aromatic carbocycles. The summed E-state index contributed by atoms with van der Waals surface area (Å²) in [5.74, 6) is 0.748. The third-order valence-corrected chi connectivity index (χ3v) is 7.08. The third-order valence-electron chi connectivity index (χ3n) is 7.08. The van der Waals surface area contributed by atoms with Crippen molar-refractivity contribution < 1.29 is 39.9 Å². The van der Waals surface area contributed by atoms with E-state index in [1.165, 1.54) is 16.8 Å². The minimum Gasteiger partial charge on any atom is -0.380 e. The Morgan fingerprint density at radius 1 is 1.18 bits per heavy atom. The summed E-state index contributed by atoms with van der Waals surface area (Å²) in [4.78, 5) is 4.45. The maximum absolute atomic E-state index is 14.6. The number of hydrogen-bond acceptors (Lipinski definition) is 3. The van der Waals surface area contributed by atoms with Crippen molar-refractivity contribution in [3.8, 4) is 0 Å². The fourth-order valence-electron chi connectivity index (χ4n) is 5.46. The Balaban J connectivity index is 0.000000308. The van der Waals surface area contributed by atoms with Crippen LogP contribution in [0.25, 0.3) is 0 Å². The van der Waals surface area contributed by atoms with Crippen LogP contribution in [0.1, 0.15) is 38.8 Å². The second kappa shape index (κ2) is 11.9. The molecule has 1 saturated heterocycles. The average Bonchev–Trinajstić information content (AvgIpc) is 3.12. The molecular weight excluding hydrogens is 654 g/mol. The number of nitrogens with one attached hydrogen (secondary N) is 1. The van der Waals surface area contributed by atoms with Crippen molar-refractivity contribution >= 4 is 0 Å². The zero-order valence-corrected chi connectivity index (χ0v) is 24.8. The van der Waals surface area contributed by atoms with Gasteiger partial charge in [0.05, 0.1) is 18.8 Å². The van der Waals surface area contributed by atoms with Crippen LogP contribution in [0.3, 0.4) is 0 Å². The Labute approximate surface area is 228 Å². The molecule has 0 radical (unpaired) electrons. The normalized spacial score (nSPS) is 28.8. The maximum Gasteiger partial charge on any atom is 2.00 e. The van der Waals surface area contributed by atoms with Crippen molar-refractivity contribution in [1.82, 2.24) is 15.1 Å². The van der Waals surface area contributed by atoms with Gasteiger partial charge in [-0.3, -0.25) is 9.29 Å². The van der Waals surface area contributed by atoms with Crippen molar-refractivity contribution in [2.45, 2.75) is 51.0 Å². The molecule has 0 bridgehead atoms. The van der Waals surface area contributed by atoms with Crippen LogP contribution < -0.4 is 5.32 Å². The molecule has 4 aliphatic rings. The van der Waals surface area contributed by atoms with E-state index >= 15 is 0 Å². The summed E-state index contributed by atoms with van der Waals surface area (Å²) in [6.07, 6.45) is 9.80. The fraction of sp³-hybridized carbons (Fsp3) is 0.536. The van der Waals surface area contributed by atoms with Crippen LogP contribution in [0.15, 0.2) is 59.8 Å². The molecule has 0 saturated carbocycles. The Morgan fingerprint density at radius 3 is 2.47 bits per heavy atom. The first-order chi connectivity index (χ1) is 15.8. The summed E-state index contributed by atoms with van der Waals surface area (Å²) < 4.78 is 26.3. The monoisotopic (exact) mass is 691 g/mol. The van der Waals surface area contributed by atoms with Crippen LogP contribution in [0.4, 0.5) is 8.78 Å². The van der Waals surface area contributed by atoms with Crippen molar-refractivity contribution in [2.75, 3.05) is 32.9 Å². The molecule has 34 heavy (non-hydrogen) atoms. The van der Waals surface area contributed by atoms with Gasteiger partial charge < -0.3 is 17.1 Å². The summed E-state index contributed by atoms with van der Waals surface area (Å²) in [6.45, 7) is 12.2. The van der Waals surface area contributed by atoms with Crippen LogP contribution in [-0.4, -0.2) is 60.4 Å². The number of fused-ring (bicyclic) bond motifs is 2. The van der Waals surface area contributed by atoms with Gasteiger partial charge in [-0.2, -0.15) is 30.3 Å². The number of hydrogen-bond donors (Lipinski definition) is 1. The molecule has 0 spiro atoms. The second-order valence-corrected chi connectivity index (χ2v) is 10.4. The molecule has 1 aromatic rings. The minimum atomic E-state index is -1.23. The van der Waals surface area contributed by atoms with Crippen LogP contribution in [0.5, 0.6) is 0 Å². The first-order valence-corrected chi connectivity index (χ1v) is 12.1. The molecule has 3 nitrogen and oxygen atoms in total. The van der Waals surface area contributed by atoms with E-state index in [4.69, 9.17) is 0 Å². The molecule has 3 aliphatic heterocycles. The van der Waals surface area contributed by atoms with E-state index in [1.807, 2.05) is 12.1 Å². The van der Waals surface area contributed by atoms with Gasteiger partial charge in [-0.15, -0.1) is 12.1 Å². The molecular formula is C28H37F2N3U. The van der Waals surface area contributed by atoms with Gasteiger partial charge in [-0.05, 0) is 32.8 Å². The average molecular weight is 692 g/mol. The number of alkyl halides is 2. The predicted molar refractivity (Wildman–Crippen MR) is 131 cm³/mol. The smallest absolute Gasteiger partial charge is 0.380 e. The molecule has 1 N–H and O–H groups in total. The Hall–Kier alpha value is -0.928. The fourth-order valence-corrected chi connectivity index (χ4v) is 5.46. The van der Waals surface area contributed by atoms with Gasteiger partial charge in [0, 0.05) is 43.2 Å². The third kappa shape index (κ3) is 6.25. The maximum atomic E-state index is 14.6. The first kappa shape index (κ1) is 27.7. The molecule has 4 atom stereocenters. The largest absolute Gasteiger partial charge is 2.00 e. The predicted octanol–water partition coefficient (Wildman–Crippen LogP) is 5.06. The summed E-state index contributed by atoms with van der Waals surface area (Å²) in [6, 6.07) is 12.0. The molecule has 3 heterocycles. The number of likely N-dealkylation sites (tertiary alicyclic amines) is 1. The molecule has 5 rings (SSSR count). The van der Waals surface area contributed by atoms with Gasteiger partial charge in [-0.1, -0.05) is 24.3 Å². The van der Waals surface area contributed by atoms with Crippen molar-refractivity contribution in [2.24, 2.45) is 11.8 Å². The summed E-state index contributed by atoms with van der Waals surface area (Å²) in [7, 11) is 0. The zero-order valence-electron chi connectivity index (χ0n) is 20.6. The molecule has 0 aromatic heterocycles. The standard InChI is InChI=1S/C22H26FN2.C6H11FN.U/c1-15-13-18-17-11-7-8-12-19(17)24-20(18)21(16-9-5-4-6-10-16)25(15)14-22(2,3)23;1-2-8-4-6(3-7)5-8;/h5-12,15,17,19,21,24H,13-14H2,1-3H3;6H,1-5H2;/q2*-1;+2/t15-,17?,19?,21-;;/m1../s1. The van der Waals surface area contributed by atoms with Crippen LogP contribution in [0.2, 0.25) is 0 Å². The Kier molecular flexibility index (Phi) is 9.66. The number of allylic oxidation sites excluding steroid dienone is 2. The van der Waals surface area contributed by atoms with Crippen LogP contribution in [0, 0.1) is 55.9 Å². The van der Waals surface area contributed by atoms with Crippen LogP contribution >= 0.6 is 0 Å². The molecule has 182 valence electrons. The number of nitrogens with zero attached hydrogens (tertiary/aromatic N) is 2. The summed E-state index contributed by atoms with van der Waals surface area (Å²) in [5.41, 5.74) is 2.75. The van der Waals surface area contributed by atoms with Crippen LogP contribution in [-0.2, 0) is 0 Å². The van der Waals surface area contributed by atoms with E-state index in [0.717, 1.165) is 26.1 Å². The minimum absolute atomic E-state index is 0. The van der Waals surface area contributed by atoms with E-state index in [1.54, 1.807) is 13.8 Å². The number of halogens is 2. The quantitative estimate of drug-likeness (QED) is 0.436. The number of rotatable bonds is 5. The Morgan fingerprint density at radius 2 is 1.85 bits per heavy atom. The molecule has 0 amide bonds.